The summed E-state index contributed by atoms with van der Waals surface area (Å²) in [4.78, 5) is 0. The first-order valence-corrected chi connectivity index (χ1v) is 8.09. The summed E-state index contributed by atoms with van der Waals surface area (Å²) < 4.78 is 26.4. The highest BCUT2D eigenvalue weighted by Gasteiger charge is 2.07. The Hall–Kier alpha value is -1.73. The van der Waals surface area contributed by atoms with Gasteiger partial charge in [-0.05, 0) is 18.2 Å². The van der Waals surface area contributed by atoms with Crippen LogP contribution in [0.3, 0.4) is 0 Å². The van der Waals surface area contributed by atoms with Crippen LogP contribution in [0.1, 0.15) is 5.56 Å². The Bertz CT molecular complexity index is 712. The smallest absolute Gasteiger partial charge is 0.229 e. The van der Waals surface area contributed by atoms with Gasteiger partial charge in [-0.15, -0.1) is 0 Å². The molecule has 8 heteroatoms. The van der Waals surface area contributed by atoms with E-state index in [0.29, 0.717) is 17.3 Å². The van der Waals surface area contributed by atoms with E-state index >= 15 is 0 Å². The molecule has 0 aliphatic rings. The summed E-state index contributed by atoms with van der Waals surface area (Å²) in [5.41, 5.74) is 2.21. The second-order valence-electron chi connectivity index (χ2n) is 4.44. The number of nitrogens with one attached hydrogen (secondary N) is 2. The third-order valence-corrected chi connectivity index (χ3v) is 3.42. The first-order valence-electron chi connectivity index (χ1n) is 5.82. The lowest BCUT2D eigenvalue weighted by molar-refractivity contribution is 0.607. The van der Waals surface area contributed by atoms with Crippen molar-refractivity contribution in [3.05, 3.63) is 41.2 Å². The summed E-state index contributed by atoms with van der Waals surface area (Å²) >= 11 is 6.04. The molecule has 0 saturated carbocycles. The minimum Gasteiger partial charge on any atom is -0.381 e. The first-order chi connectivity index (χ1) is 9.33. The predicted octanol–water partition coefficient (Wildman–Crippen LogP) is 2.06. The molecule has 0 aliphatic heterocycles. The Morgan fingerprint density at radius 1 is 1.40 bits per heavy atom. The van der Waals surface area contributed by atoms with Gasteiger partial charge in [0.25, 0.3) is 0 Å². The SMILES string of the molecule is Cn1cc(CNc2ccc(NS(C)(=O)=O)c(Cl)c2)cn1. The number of nitrogens with zero attached hydrogens (tertiary/aromatic N) is 2. The summed E-state index contributed by atoms with van der Waals surface area (Å²) in [6.45, 7) is 0.614. The Kier molecular flexibility index (Phi) is 4.20. The quantitative estimate of drug-likeness (QED) is 0.885. The predicted molar refractivity (Wildman–Crippen MR) is 80.5 cm³/mol. The van der Waals surface area contributed by atoms with Gasteiger partial charge in [0, 0.05) is 31.0 Å². The highest BCUT2D eigenvalue weighted by Crippen LogP contribution is 2.26. The molecule has 0 aliphatic carbocycles. The van der Waals surface area contributed by atoms with Gasteiger partial charge < -0.3 is 5.32 Å². The molecule has 6 nitrogen and oxygen atoms in total. The van der Waals surface area contributed by atoms with Gasteiger partial charge in [0.2, 0.25) is 10.0 Å². The molecule has 2 rings (SSSR count). The van der Waals surface area contributed by atoms with Crippen molar-refractivity contribution in [1.29, 1.82) is 0 Å². The highest BCUT2D eigenvalue weighted by atomic mass is 35.5. The van der Waals surface area contributed by atoms with E-state index in [-0.39, 0.29) is 0 Å². The van der Waals surface area contributed by atoms with E-state index in [0.717, 1.165) is 17.5 Å². The molecule has 108 valence electrons. The van der Waals surface area contributed by atoms with Crippen LogP contribution in [-0.2, 0) is 23.6 Å². The van der Waals surface area contributed by atoms with Gasteiger partial charge in [-0.25, -0.2) is 8.42 Å². The largest absolute Gasteiger partial charge is 0.381 e. The number of anilines is 2. The van der Waals surface area contributed by atoms with E-state index in [4.69, 9.17) is 11.6 Å². The normalized spacial score (nSPS) is 11.3. The van der Waals surface area contributed by atoms with Crippen molar-refractivity contribution in [3.63, 3.8) is 0 Å². The molecule has 0 spiro atoms. The molecular formula is C12H15ClN4O2S. The van der Waals surface area contributed by atoms with Crippen LogP contribution >= 0.6 is 11.6 Å². The van der Waals surface area contributed by atoms with Gasteiger partial charge >= 0.3 is 0 Å². The van der Waals surface area contributed by atoms with Gasteiger partial charge in [0.15, 0.2) is 0 Å². The van der Waals surface area contributed by atoms with Gasteiger partial charge in [0.1, 0.15) is 0 Å². The topological polar surface area (TPSA) is 76.0 Å². The second-order valence-corrected chi connectivity index (χ2v) is 6.60. The molecule has 0 bridgehead atoms. The number of rotatable bonds is 5. The number of aryl methyl sites for hydroxylation is 1. The van der Waals surface area contributed by atoms with E-state index in [1.165, 1.54) is 0 Å². The Morgan fingerprint density at radius 3 is 2.70 bits per heavy atom. The molecule has 20 heavy (non-hydrogen) atoms. The number of aromatic nitrogens is 2. The summed E-state index contributed by atoms with van der Waals surface area (Å²) in [5.74, 6) is 0. The molecule has 0 radical (unpaired) electrons. The minimum atomic E-state index is -3.33. The summed E-state index contributed by atoms with van der Waals surface area (Å²) in [7, 11) is -1.48. The van der Waals surface area contributed by atoms with Crippen LogP contribution in [0.2, 0.25) is 5.02 Å². The average molecular weight is 315 g/mol. The summed E-state index contributed by atoms with van der Waals surface area (Å²) in [5, 5.41) is 7.60. The lowest BCUT2D eigenvalue weighted by Gasteiger charge is -2.09. The highest BCUT2D eigenvalue weighted by molar-refractivity contribution is 7.92. The molecule has 0 saturated heterocycles. The lowest BCUT2D eigenvalue weighted by atomic mass is 10.2. The second kappa shape index (κ2) is 5.72. The molecule has 0 atom stereocenters. The van der Waals surface area contributed by atoms with E-state index < -0.39 is 10.0 Å². The fourth-order valence-electron chi connectivity index (χ4n) is 1.67. The van der Waals surface area contributed by atoms with E-state index in [2.05, 4.69) is 15.1 Å². The van der Waals surface area contributed by atoms with Crippen molar-refractivity contribution in [2.45, 2.75) is 6.54 Å². The van der Waals surface area contributed by atoms with Crippen LogP contribution < -0.4 is 10.0 Å². The maximum Gasteiger partial charge on any atom is 0.229 e. The van der Waals surface area contributed by atoms with Crippen molar-refractivity contribution in [1.82, 2.24) is 9.78 Å². The van der Waals surface area contributed by atoms with E-state index in [1.54, 1.807) is 29.1 Å². The molecule has 2 N–H and O–H groups in total. The number of benzene rings is 1. The van der Waals surface area contributed by atoms with Crippen molar-refractivity contribution in [2.24, 2.45) is 7.05 Å². The fourth-order valence-corrected chi connectivity index (χ4v) is 2.54. The van der Waals surface area contributed by atoms with Crippen LogP contribution in [0.15, 0.2) is 30.6 Å². The molecule has 0 fully saturated rings. The Labute approximate surface area is 122 Å². The van der Waals surface area contributed by atoms with Crippen LogP contribution in [-0.4, -0.2) is 24.5 Å². The third kappa shape index (κ3) is 4.14. The molecule has 2 aromatic rings. The Balaban J connectivity index is 2.05. The van der Waals surface area contributed by atoms with Crippen molar-refractivity contribution >= 4 is 33.0 Å². The van der Waals surface area contributed by atoms with Crippen LogP contribution in [0.5, 0.6) is 0 Å². The number of hydrogen-bond acceptors (Lipinski definition) is 4. The van der Waals surface area contributed by atoms with E-state index in [1.807, 2.05) is 13.2 Å². The standard InChI is InChI=1S/C12H15ClN4O2S/c1-17-8-9(7-15-17)6-14-10-3-4-12(11(13)5-10)16-20(2,18)19/h3-5,7-8,14,16H,6H2,1-2H3. The number of hydrogen-bond donors (Lipinski definition) is 2. The van der Waals surface area contributed by atoms with Crippen LogP contribution in [0, 0.1) is 0 Å². The molecule has 0 amide bonds. The molecule has 1 aromatic carbocycles. The van der Waals surface area contributed by atoms with Crippen molar-refractivity contribution in [2.75, 3.05) is 16.3 Å². The third-order valence-electron chi connectivity index (χ3n) is 2.52. The molecule has 0 unspecified atom stereocenters. The number of sulfonamides is 1. The lowest BCUT2D eigenvalue weighted by Crippen LogP contribution is -2.10. The van der Waals surface area contributed by atoms with Gasteiger partial charge in [-0.3, -0.25) is 9.40 Å². The van der Waals surface area contributed by atoms with Crippen LogP contribution in [0.4, 0.5) is 11.4 Å². The van der Waals surface area contributed by atoms with Gasteiger partial charge in [0.05, 0.1) is 23.2 Å². The summed E-state index contributed by atoms with van der Waals surface area (Å²) in [6, 6.07) is 5.05. The zero-order valence-electron chi connectivity index (χ0n) is 11.1. The molecule has 1 heterocycles. The van der Waals surface area contributed by atoms with Crippen molar-refractivity contribution < 1.29 is 8.42 Å². The first kappa shape index (κ1) is 14.7. The number of halogens is 1. The zero-order valence-corrected chi connectivity index (χ0v) is 12.7. The molecular weight excluding hydrogens is 300 g/mol. The maximum atomic E-state index is 11.2. The monoisotopic (exact) mass is 314 g/mol. The average Bonchev–Trinajstić information content (AvgIpc) is 2.74. The maximum absolute atomic E-state index is 11.2. The fraction of sp³-hybridized carbons (Fsp3) is 0.250. The Morgan fingerprint density at radius 2 is 2.15 bits per heavy atom. The van der Waals surface area contributed by atoms with E-state index in [9.17, 15) is 8.42 Å². The van der Waals surface area contributed by atoms with Gasteiger partial charge in [-0.1, -0.05) is 11.6 Å². The summed E-state index contributed by atoms with van der Waals surface area (Å²) in [6.07, 6.45) is 4.76. The van der Waals surface area contributed by atoms with Gasteiger partial charge in [-0.2, -0.15) is 5.10 Å². The minimum absolute atomic E-state index is 0.339. The molecule has 1 aromatic heterocycles. The zero-order chi connectivity index (χ0) is 14.8. The van der Waals surface area contributed by atoms with Crippen LogP contribution in [0.25, 0.3) is 0 Å². The van der Waals surface area contributed by atoms with Crippen molar-refractivity contribution in [3.8, 4) is 0 Å².